The van der Waals surface area contributed by atoms with Crippen LogP contribution in [-0.4, -0.2) is 22.8 Å². The predicted octanol–water partition coefficient (Wildman–Crippen LogP) is 1.87. The maximum Gasteiger partial charge on any atom is 0.0699 e. The Labute approximate surface area is 73.6 Å². The average molecular weight is 143 g/mol. The maximum atomic E-state index is 5.89. The van der Waals surface area contributed by atoms with Gasteiger partial charge in [-0.2, -0.15) is 0 Å². The molecule has 0 aromatic carbocycles. The van der Waals surface area contributed by atoms with Gasteiger partial charge in [0.1, 0.15) is 0 Å². The molecule has 1 aliphatic carbocycles. The second-order valence-electron chi connectivity index (χ2n) is 3.59. The molecule has 0 bridgehead atoms. The fourth-order valence-electron chi connectivity index (χ4n) is 1.79. The molecule has 11 heavy (non-hydrogen) atoms. The maximum absolute atomic E-state index is 5.89. The molecule has 2 unspecified atom stereocenters. The summed E-state index contributed by atoms with van der Waals surface area (Å²) < 4.78 is 0. The van der Waals surface area contributed by atoms with Gasteiger partial charge in [0, 0.05) is 7.74 Å². The van der Waals surface area contributed by atoms with Crippen LogP contribution < -0.4 is 0 Å². The van der Waals surface area contributed by atoms with Gasteiger partial charge in [-0.05, 0) is 0 Å². The monoisotopic (exact) mass is 143 g/mol. The van der Waals surface area contributed by atoms with E-state index in [9.17, 15) is 0 Å². The topological polar surface area (TPSA) is 0 Å². The smallest absolute Gasteiger partial charge is 0.0699 e. The normalized spacial score (nSPS) is 33.8. The van der Waals surface area contributed by atoms with Gasteiger partial charge in [0.05, 0.1) is 15.0 Å². The van der Waals surface area contributed by atoms with Crippen molar-refractivity contribution in [1.82, 2.24) is 0 Å². The van der Waals surface area contributed by atoms with Crippen LogP contribution in [0.15, 0.2) is 0 Å². The van der Waals surface area contributed by atoms with Gasteiger partial charge < -0.3 is 0 Å². The second-order valence-corrected chi connectivity index (χ2v) is 3.59. The Morgan fingerprint density at radius 3 is 2.55 bits per heavy atom. The first-order valence-electron chi connectivity index (χ1n) is 4.63. The van der Waals surface area contributed by atoms with E-state index in [1.54, 1.807) is 0 Å². The van der Waals surface area contributed by atoms with Crippen molar-refractivity contribution in [3.05, 3.63) is 0 Å². The second kappa shape index (κ2) is 4.95. The zero-order valence-corrected chi connectivity index (χ0v) is 7.13. The molecule has 0 nitrogen and oxygen atoms in total. The molecule has 5 radical (unpaired) electrons. The summed E-state index contributed by atoms with van der Waals surface area (Å²) in [5, 5.41) is 0. The Kier molecular flexibility index (Phi) is 4.18. The van der Waals surface area contributed by atoms with Crippen molar-refractivity contribution in [3.8, 4) is 0 Å². The lowest BCUT2D eigenvalue weighted by molar-refractivity contribution is 0.503. The highest BCUT2D eigenvalue weighted by Gasteiger charge is 2.13. The van der Waals surface area contributed by atoms with Crippen molar-refractivity contribution in [3.63, 3.8) is 0 Å². The van der Waals surface area contributed by atoms with Crippen LogP contribution in [0.2, 0.25) is 11.6 Å². The number of hydrogen-bond donors (Lipinski definition) is 0. The van der Waals surface area contributed by atoms with E-state index in [2.05, 4.69) is 0 Å². The highest BCUT2D eigenvalue weighted by molar-refractivity contribution is 6.90. The molecule has 55 valence electrons. The van der Waals surface area contributed by atoms with Gasteiger partial charge >= 0.3 is 0 Å². The van der Waals surface area contributed by atoms with Crippen LogP contribution in [0.3, 0.4) is 0 Å². The van der Waals surface area contributed by atoms with E-state index in [0.717, 1.165) is 6.42 Å². The molecule has 1 fully saturated rings. The molecule has 3 heteroatoms. The molecule has 1 aliphatic rings. The van der Waals surface area contributed by atoms with Gasteiger partial charge in [-0.3, -0.25) is 0 Å². The standard InChI is InChI=1S/C8H14B3/c9-7-4-2-1-3-5-8(6-7)11-10/h7-8H,1-6H2. The summed E-state index contributed by atoms with van der Waals surface area (Å²) in [6.45, 7) is 0. The Balaban J connectivity index is 2.29. The molecular weight excluding hydrogens is 129 g/mol. The van der Waals surface area contributed by atoms with E-state index in [1.807, 2.05) is 7.17 Å². The van der Waals surface area contributed by atoms with E-state index < -0.39 is 0 Å². The summed E-state index contributed by atoms with van der Waals surface area (Å²) in [5.74, 6) is 0.963. The van der Waals surface area contributed by atoms with E-state index in [-0.39, 0.29) is 0 Å². The van der Waals surface area contributed by atoms with Gasteiger partial charge in [0.25, 0.3) is 0 Å². The summed E-state index contributed by atoms with van der Waals surface area (Å²) in [7, 11) is 13.2. The Morgan fingerprint density at radius 2 is 1.82 bits per heavy atom. The Bertz CT molecular complexity index is 106. The molecule has 0 N–H and O–H groups in total. The molecule has 0 saturated heterocycles. The van der Waals surface area contributed by atoms with Gasteiger partial charge in [0.15, 0.2) is 0 Å². The largest absolute Gasteiger partial charge is 0.0786 e. The first kappa shape index (κ1) is 9.28. The molecule has 0 heterocycles. The van der Waals surface area contributed by atoms with Crippen LogP contribution in [0.25, 0.3) is 0 Å². The van der Waals surface area contributed by atoms with Crippen molar-refractivity contribution < 1.29 is 0 Å². The highest BCUT2D eigenvalue weighted by atomic mass is 14.1. The van der Waals surface area contributed by atoms with Crippen molar-refractivity contribution in [2.24, 2.45) is 0 Å². The van der Waals surface area contributed by atoms with Gasteiger partial charge in [-0.1, -0.05) is 50.2 Å². The van der Waals surface area contributed by atoms with Crippen molar-refractivity contribution in [1.29, 1.82) is 0 Å². The third-order valence-corrected chi connectivity index (χ3v) is 2.53. The lowest BCUT2D eigenvalue weighted by Crippen LogP contribution is -2.10. The van der Waals surface area contributed by atoms with E-state index >= 15 is 0 Å². The lowest BCUT2D eigenvalue weighted by atomic mass is 9.44. The minimum atomic E-state index is 0.389. The molecule has 0 aliphatic heterocycles. The van der Waals surface area contributed by atoms with Crippen LogP contribution in [0.5, 0.6) is 0 Å². The minimum absolute atomic E-state index is 0.389. The Hall–Kier alpha value is 0.195. The average Bonchev–Trinajstić information content (AvgIpc) is 1.96. The van der Waals surface area contributed by atoms with Crippen molar-refractivity contribution in [2.45, 2.75) is 50.2 Å². The quantitative estimate of drug-likeness (QED) is 0.491. The zero-order chi connectivity index (χ0) is 8.10. The number of rotatable bonds is 1. The molecule has 0 aromatic rings. The molecule has 2 atom stereocenters. The molecule has 0 amide bonds. The van der Waals surface area contributed by atoms with Crippen LogP contribution in [0.4, 0.5) is 0 Å². The van der Waals surface area contributed by atoms with E-state index in [0.29, 0.717) is 11.6 Å². The third-order valence-electron chi connectivity index (χ3n) is 2.53. The fraction of sp³-hybridized carbons (Fsp3) is 1.00. The van der Waals surface area contributed by atoms with E-state index in [4.69, 9.17) is 15.6 Å². The van der Waals surface area contributed by atoms with Crippen LogP contribution >= 0.6 is 0 Å². The summed E-state index contributed by atoms with van der Waals surface area (Å²) in [6, 6.07) is 0. The highest BCUT2D eigenvalue weighted by Crippen LogP contribution is 2.30. The van der Waals surface area contributed by atoms with Crippen molar-refractivity contribution in [2.75, 3.05) is 0 Å². The molecule has 1 saturated carbocycles. The van der Waals surface area contributed by atoms with Crippen molar-refractivity contribution >= 4 is 22.8 Å². The van der Waals surface area contributed by atoms with Crippen LogP contribution in [-0.2, 0) is 0 Å². The SMILES string of the molecule is [B][B]C1CCCCCC([B])C1. The first-order valence-corrected chi connectivity index (χ1v) is 4.63. The first-order chi connectivity index (χ1) is 5.33. The summed E-state index contributed by atoms with van der Waals surface area (Å²) >= 11 is 0. The van der Waals surface area contributed by atoms with Crippen LogP contribution in [0.1, 0.15) is 38.5 Å². The van der Waals surface area contributed by atoms with E-state index in [1.165, 1.54) is 32.1 Å². The summed E-state index contributed by atoms with van der Waals surface area (Å²) in [5.41, 5.74) is 0. The summed E-state index contributed by atoms with van der Waals surface area (Å²) in [6.07, 6.45) is 7.48. The number of hydrogen-bond acceptors (Lipinski definition) is 0. The summed E-state index contributed by atoms with van der Waals surface area (Å²) in [4.78, 5) is 0. The molecule has 0 aromatic heterocycles. The lowest BCUT2D eigenvalue weighted by Gasteiger charge is -2.22. The minimum Gasteiger partial charge on any atom is -0.0786 e. The van der Waals surface area contributed by atoms with Crippen LogP contribution in [0, 0.1) is 0 Å². The fourth-order valence-corrected chi connectivity index (χ4v) is 1.79. The zero-order valence-electron chi connectivity index (χ0n) is 7.13. The molecular formula is C8H14B3. The molecule has 1 rings (SSSR count). The van der Waals surface area contributed by atoms with Gasteiger partial charge in [-0.15, -0.1) is 0 Å². The van der Waals surface area contributed by atoms with Gasteiger partial charge in [0.2, 0.25) is 0 Å². The Morgan fingerprint density at radius 1 is 1.09 bits per heavy atom. The third kappa shape index (κ3) is 3.40. The predicted molar refractivity (Wildman–Crippen MR) is 52.5 cm³/mol. The van der Waals surface area contributed by atoms with Gasteiger partial charge in [-0.25, -0.2) is 0 Å². The molecule has 0 spiro atoms.